The van der Waals surface area contributed by atoms with Gasteiger partial charge in [0.05, 0.1) is 0 Å². The molecule has 1 aromatic rings. The summed E-state index contributed by atoms with van der Waals surface area (Å²) in [5.41, 5.74) is 0.0690. The summed E-state index contributed by atoms with van der Waals surface area (Å²) >= 11 is 1.71. The van der Waals surface area contributed by atoms with Crippen molar-refractivity contribution in [3.63, 3.8) is 0 Å². The van der Waals surface area contributed by atoms with E-state index in [2.05, 4.69) is 11.8 Å². The average Bonchev–Trinajstić information content (AvgIpc) is 2.27. The van der Waals surface area contributed by atoms with Crippen LogP contribution in [-0.4, -0.2) is 17.0 Å². The fourth-order valence-electron chi connectivity index (χ4n) is 0.970. The van der Waals surface area contributed by atoms with Gasteiger partial charge in [-0.05, 0) is 43.9 Å². The van der Waals surface area contributed by atoms with E-state index in [-0.39, 0.29) is 0 Å². The second kappa shape index (κ2) is 5.25. The Morgan fingerprint density at radius 3 is 2.40 bits per heavy atom. The zero-order valence-corrected chi connectivity index (χ0v) is 10.2. The van der Waals surface area contributed by atoms with Gasteiger partial charge in [0.2, 0.25) is 0 Å². The molecule has 0 heterocycles. The summed E-state index contributed by atoms with van der Waals surface area (Å²) < 4.78 is 0. The molecule has 0 spiro atoms. The molecule has 0 aliphatic rings. The molecular formula is C13H16OS. The van der Waals surface area contributed by atoms with Crippen LogP contribution in [0.25, 0.3) is 0 Å². The van der Waals surface area contributed by atoms with Crippen LogP contribution in [0.4, 0.5) is 0 Å². The number of thioether (sulfide) groups is 1. The Morgan fingerprint density at radius 2 is 1.93 bits per heavy atom. The first kappa shape index (κ1) is 12.2. The molecule has 2 heteroatoms. The molecule has 15 heavy (non-hydrogen) atoms. The van der Waals surface area contributed by atoms with Crippen molar-refractivity contribution in [3.05, 3.63) is 29.8 Å². The van der Waals surface area contributed by atoms with Crippen LogP contribution in [-0.2, 0) is 0 Å². The second-order valence-corrected chi connectivity index (χ2v) is 4.49. The maximum Gasteiger partial charge on any atom is 0.122 e. The van der Waals surface area contributed by atoms with E-state index in [0.29, 0.717) is 6.42 Å². The van der Waals surface area contributed by atoms with Crippen LogP contribution in [0, 0.1) is 11.8 Å². The molecule has 0 aliphatic heterocycles. The topological polar surface area (TPSA) is 20.2 Å². The third kappa shape index (κ3) is 3.99. The summed E-state index contributed by atoms with van der Waals surface area (Å²) in [5.74, 6) is 5.84. The minimum Gasteiger partial charge on any atom is -0.378 e. The van der Waals surface area contributed by atoms with Crippen molar-refractivity contribution in [2.75, 3.05) is 6.26 Å². The molecule has 1 rings (SSSR count). The van der Waals surface area contributed by atoms with Crippen LogP contribution < -0.4 is 0 Å². The Kier molecular flexibility index (Phi) is 4.26. The minimum atomic E-state index is -0.877. The highest BCUT2D eigenvalue weighted by Gasteiger charge is 2.11. The van der Waals surface area contributed by atoms with Crippen LogP contribution in [0.1, 0.15) is 25.8 Å². The predicted octanol–water partition coefficient (Wildman–Crippen LogP) is 2.92. The molecule has 0 saturated heterocycles. The van der Waals surface area contributed by atoms with Crippen LogP contribution in [0.3, 0.4) is 0 Å². The van der Waals surface area contributed by atoms with Gasteiger partial charge in [-0.1, -0.05) is 18.8 Å². The molecule has 1 N–H and O–H groups in total. The van der Waals surface area contributed by atoms with Crippen molar-refractivity contribution in [2.24, 2.45) is 0 Å². The van der Waals surface area contributed by atoms with Crippen LogP contribution in [0.5, 0.6) is 0 Å². The molecule has 0 aromatic heterocycles. The number of hydrogen-bond donors (Lipinski definition) is 1. The molecule has 0 aliphatic carbocycles. The first-order chi connectivity index (χ1) is 7.07. The summed E-state index contributed by atoms with van der Waals surface area (Å²) in [7, 11) is 0. The second-order valence-electron chi connectivity index (χ2n) is 3.61. The van der Waals surface area contributed by atoms with Gasteiger partial charge >= 0.3 is 0 Å². The van der Waals surface area contributed by atoms with E-state index in [4.69, 9.17) is 0 Å². The Morgan fingerprint density at radius 1 is 1.33 bits per heavy atom. The third-order valence-corrected chi connectivity index (χ3v) is 3.00. The molecule has 0 radical (unpaired) electrons. The predicted molar refractivity (Wildman–Crippen MR) is 66.0 cm³/mol. The SMILES string of the molecule is CCC(C)(O)C#Cc1ccc(SC)cc1. The highest BCUT2D eigenvalue weighted by Crippen LogP contribution is 2.14. The smallest absolute Gasteiger partial charge is 0.122 e. The average molecular weight is 220 g/mol. The molecule has 0 bridgehead atoms. The van der Waals surface area contributed by atoms with E-state index in [0.717, 1.165) is 5.56 Å². The summed E-state index contributed by atoms with van der Waals surface area (Å²) in [5, 5.41) is 9.71. The van der Waals surface area contributed by atoms with Gasteiger partial charge in [0.15, 0.2) is 0 Å². The summed E-state index contributed by atoms with van der Waals surface area (Å²) in [6.45, 7) is 3.65. The summed E-state index contributed by atoms with van der Waals surface area (Å²) in [6, 6.07) is 8.03. The van der Waals surface area contributed by atoms with Gasteiger partial charge in [-0.3, -0.25) is 0 Å². The summed E-state index contributed by atoms with van der Waals surface area (Å²) in [4.78, 5) is 1.22. The van der Waals surface area contributed by atoms with Crippen molar-refractivity contribution >= 4 is 11.8 Å². The van der Waals surface area contributed by atoms with E-state index >= 15 is 0 Å². The zero-order chi connectivity index (χ0) is 11.3. The van der Waals surface area contributed by atoms with Gasteiger partial charge in [0.25, 0.3) is 0 Å². The fraction of sp³-hybridized carbons (Fsp3) is 0.385. The highest BCUT2D eigenvalue weighted by molar-refractivity contribution is 7.98. The largest absolute Gasteiger partial charge is 0.378 e. The van der Waals surface area contributed by atoms with E-state index in [9.17, 15) is 5.11 Å². The van der Waals surface area contributed by atoms with Gasteiger partial charge < -0.3 is 5.11 Å². The van der Waals surface area contributed by atoms with Crippen molar-refractivity contribution in [2.45, 2.75) is 30.8 Å². The Hall–Kier alpha value is -0.910. The number of rotatable bonds is 2. The van der Waals surface area contributed by atoms with E-state index in [1.807, 2.05) is 37.4 Å². The first-order valence-electron chi connectivity index (χ1n) is 4.97. The molecular weight excluding hydrogens is 204 g/mol. The normalized spacial score (nSPS) is 13.9. The van der Waals surface area contributed by atoms with Crippen molar-refractivity contribution in [1.82, 2.24) is 0 Å². The van der Waals surface area contributed by atoms with Gasteiger partial charge in [-0.15, -0.1) is 11.8 Å². The zero-order valence-electron chi connectivity index (χ0n) is 9.37. The van der Waals surface area contributed by atoms with E-state index in [1.165, 1.54) is 4.90 Å². The molecule has 0 fully saturated rings. The number of aliphatic hydroxyl groups is 1. The van der Waals surface area contributed by atoms with Crippen molar-refractivity contribution in [1.29, 1.82) is 0 Å². The third-order valence-electron chi connectivity index (χ3n) is 2.25. The number of hydrogen-bond acceptors (Lipinski definition) is 2. The van der Waals surface area contributed by atoms with Gasteiger partial charge in [-0.25, -0.2) is 0 Å². The van der Waals surface area contributed by atoms with E-state index < -0.39 is 5.60 Å². The highest BCUT2D eigenvalue weighted by atomic mass is 32.2. The molecule has 1 aromatic carbocycles. The van der Waals surface area contributed by atoms with Crippen molar-refractivity contribution in [3.8, 4) is 11.8 Å². The maximum atomic E-state index is 9.71. The van der Waals surface area contributed by atoms with Gasteiger partial charge in [-0.2, -0.15) is 0 Å². The molecule has 0 amide bonds. The molecule has 0 saturated carbocycles. The fourth-order valence-corrected chi connectivity index (χ4v) is 1.38. The Labute approximate surface area is 95.9 Å². The monoisotopic (exact) mass is 220 g/mol. The number of benzene rings is 1. The molecule has 1 unspecified atom stereocenters. The minimum absolute atomic E-state index is 0.642. The lowest BCUT2D eigenvalue weighted by Gasteiger charge is -2.11. The molecule has 80 valence electrons. The molecule has 1 nitrogen and oxygen atoms in total. The summed E-state index contributed by atoms with van der Waals surface area (Å²) in [6.07, 6.45) is 2.69. The van der Waals surface area contributed by atoms with Gasteiger partial charge in [0.1, 0.15) is 5.60 Å². The quantitative estimate of drug-likeness (QED) is 0.611. The standard InChI is InChI=1S/C13H16OS/c1-4-13(2,14)10-9-11-5-7-12(15-3)8-6-11/h5-8,14H,4H2,1-3H3. The first-order valence-corrected chi connectivity index (χ1v) is 6.19. The Bertz CT molecular complexity index is 368. The lowest BCUT2D eigenvalue weighted by molar-refractivity contribution is 0.118. The van der Waals surface area contributed by atoms with Crippen molar-refractivity contribution < 1.29 is 5.11 Å². The van der Waals surface area contributed by atoms with E-state index in [1.54, 1.807) is 18.7 Å². The van der Waals surface area contributed by atoms with Crippen LogP contribution in [0.2, 0.25) is 0 Å². The van der Waals surface area contributed by atoms with Crippen LogP contribution >= 0.6 is 11.8 Å². The lowest BCUT2D eigenvalue weighted by atomic mass is 10.0. The maximum absolute atomic E-state index is 9.71. The van der Waals surface area contributed by atoms with Crippen LogP contribution in [0.15, 0.2) is 29.2 Å². The lowest BCUT2D eigenvalue weighted by Crippen LogP contribution is -2.19. The van der Waals surface area contributed by atoms with Gasteiger partial charge in [0, 0.05) is 10.5 Å². The molecule has 1 atom stereocenters. The Balaban J connectivity index is 2.81.